The van der Waals surface area contributed by atoms with E-state index >= 15 is 8.78 Å². The summed E-state index contributed by atoms with van der Waals surface area (Å²) >= 11 is 0. The first kappa shape index (κ1) is 31.5. The normalized spacial score (nSPS) is 17.2. The van der Waals surface area contributed by atoms with Crippen molar-refractivity contribution >= 4 is 0 Å². The van der Waals surface area contributed by atoms with Crippen molar-refractivity contribution in [3.8, 4) is 22.6 Å². The van der Waals surface area contributed by atoms with Gasteiger partial charge in [0, 0.05) is 12.0 Å². The molecule has 0 heterocycles. The molecule has 42 heavy (non-hydrogen) atoms. The third-order valence-electron chi connectivity index (χ3n) is 7.84. The van der Waals surface area contributed by atoms with Crippen LogP contribution in [0.4, 0.5) is 26.3 Å². The summed E-state index contributed by atoms with van der Waals surface area (Å²) in [7, 11) is 0. The average Bonchev–Trinajstić information content (AvgIpc) is 2.99. The molecule has 1 saturated carbocycles. The van der Waals surface area contributed by atoms with Crippen LogP contribution in [0.3, 0.4) is 0 Å². The number of rotatable bonds is 13. The van der Waals surface area contributed by atoms with Crippen molar-refractivity contribution in [3.63, 3.8) is 0 Å². The molecule has 0 saturated heterocycles. The molecule has 0 aromatic heterocycles. The Balaban J connectivity index is 1.37. The molecule has 0 N–H and O–H groups in total. The third kappa shape index (κ3) is 7.69. The summed E-state index contributed by atoms with van der Waals surface area (Å²) in [6, 6.07) is 11.0. The van der Waals surface area contributed by atoms with E-state index in [1.807, 2.05) is 13.0 Å². The molecule has 1 fully saturated rings. The summed E-state index contributed by atoms with van der Waals surface area (Å²) < 4.78 is 98.3. The van der Waals surface area contributed by atoms with Crippen molar-refractivity contribution in [2.45, 2.75) is 70.1 Å². The highest BCUT2D eigenvalue weighted by Gasteiger charge is 2.32. The van der Waals surface area contributed by atoms with E-state index in [2.05, 4.69) is 6.58 Å². The number of alkyl halides is 2. The molecule has 3 aromatic rings. The Labute approximate surface area is 243 Å². The minimum Gasteiger partial charge on any atom is -0.490 e. The lowest BCUT2D eigenvalue weighted by molar-refractivity contribution is -0.0410. The van der Waals surface area contributed by atoms with Crippen molar-refractivity contribution < 1.29 is 35.8 Å². The van der Waals surface area contributed by atoms with Gasteiger partial charge in [-0.2, -0.15) is 8.78 Å². The first-order valence-corrected chi connectivity index (χ1v) is 14.4. The fraction of sp³-hybridized carbons (Fsp3) is 0.412. The third-order valence-corrected chi connectivity index (χ3v) is 7.84. The van der Waals surface area contributed by atoms with Crippen molar-refractivity contribution in [2.75, 3.05) is 13.2 Å². The van der Waals surface area contributed by atoms with E-state index in [0.29, 0.717) is 23.5 Å². The number of benzene rings is 3. The number of hydrogen-bond donors (Lipinski definition) is 0. The molecule has 0 atom stereocenters. The smallest absolute Gasteiger partial charge is 0.285 e. The Morgan fingerprint density at radius 3 is 2.05 bits per heavy atom. The van der Waals surface area contributed by atoms with Crippen LogP contribution < -0.4 is 9.47 Å². The number of ether oxygens (including phenoxy) is 2. The second-order valence-electron chi connectivity index (χ2n) is 10.9. The zero-order valence-corrected chi connectivity index (χ0v) is 23.7. The van der Waals surface area contributed by atoms with Crippen LogP contribution in [0.1, 0.15) is 68.9 Å². The van der Waals surface area contributed by atoms with Gasteiger partial charge < -0.3 is 9.47 Å². The van der Waals surface area contributed by atoms with Gasteiger partial charge in [0.2, 0.25) is 11.6 Å². The van der Waals surface area contributed by atoms with Gasteiger partial charge in [-0.1, -0.05) is 62.2 Å². The standard InChI is InChI=1S/C34H36F6O2/c1-3-5-6-19-41-28-17-18-29(33(38)32(28)37)42-21-34(39,40)20-23-9-13-25(14-10-23)27-16-15-26(30(35)31(27)36)24-11-7-22(4-2)8-12-24/h4,9-10,13-18,22,24H,2-3,5-8,11-12,19-21H2,1H3. The Hall–Kier alpha value is -3.42. The summed E-state index contributed by atoms with van der Waals surface area (Å²) in [4.78, 5) is 0. The van der Waals surface area contributed by atoms with E-state index < -0.39 is 48.0 Å². The number of unbranched alkanes of at least 4 members (excludes halogenated alkanes) is 2. The predicted octanol–water partition coefficient (Wildman–Crippen LogP) is 10.2. The molecule has 0 radical (unpaired) electrons. The average molecular weight is 591 g/mol. The number of hydrogen-bond acceptors (Lipinski definition) is 2. The van der Waals surface area contributed by atoms with Crippen LogP contribution in [0.5, 0.6) is 11.5 Å². The largest absolute Gasteiger partial charge is 0.490 e. The van der Waals surface area contributed by atoms with E-state index in [-0.39, 0.29) is 29.4 Å². The maximum absolute atomic E-state index is 15.1. The minimum atomic E-state index is -3.41. The second kappa shape index (κ2) is 14.2. The molecular formula is C34H36F6O2. The first-order valence-electron chi connectivity index (χ1n) is 14.4. The van der Waals surface area contributed by atoms with Crippen LogP contribution >= 0.6 is 0 Å². The van der Waals surface area contributed by atoms with Gasteiger partial charge >= 0.3 is 0 Å². The summed E-state index contributed by atoms with van der Waals surface area (Å²) in [6.07, 6.45) is 6.96. The van der Waals surface area contributed by atoms with Gasteiger partial charge in [0.25, 0.3) is 5.92 Å². The topological polar surface area (TPSA) is 18.5 Å². The Bertz CT molecular complexity index is 1350. The lowest BCUT2D eigenvalue weighted by Gasteiger charge is -2.27. The van der Waals surface area contributed by atoms with Crippen LogP contribution in [0, 0.1) is 29.2 Å². The predicted molar refractivity (Wildman–Crippen MR) is 152 cm³/mol. The zero-order valence-electron chi connectivity index (χ0n) is 23.7. The molecule has 1 aliphatic carbocycles. The number of allylic oxidation sites excluding steroid dienone is 1. The van der Waals surface area contributed by atoms with Gasteiger partial charge in [-0.05, 0) is 72.8 Å². The maximum atomic E-state index is 15.1. The van der Waals surface area contributed by atoms with Gasteiger partial charge in [0.1, 0.15) is 0 Å². The Kier molecular flexibility index (Phi) is 10.6. The highest BCUT2D eigenvalue weighted by Crippen LogP contribution is 2.39. The van der Waals surface area contributed by atoms with Crippen molar-refractivity contribution in [2.24, 2.45) is 5.92 Å². The minimum absolute atomic E-state index is 0.0490. The summed E-state index contributed by atoms with van der Waals surface area (Å²) in [5, 5.41) is 0. The molecule has 0 bridgehead atoms. The van der Waals surface area contributed by atoms with Crippen LogP contribution in [-0.2, 0) is 6.42 Å². The van der Waals surface area contributed by atoms with Crippen molar-refractivity contribution in [3.05, 3.63) is 95.6 Å². The summed E-state index contributed by atoms with van der Waals surface area (Å²) in [5.74, 6) is -8.53. The molecule has 2 nitrogen and oxygen atoms in total. The molecule has 8 heteroatoms. The molecule has 3 aromatic carbocycles. The van der Waals surface area contributed by atoms with Crippen LogP contribution in [0.15, 0.2) is 61.2 Å². The van der Waals surface area contributed by atoms with E-state index in [1.54, 1.807) is 6.07 Å². The van der Waals surface area contributed by atoms with Crippen molar-refractivity contribution in [1.29, 1.82) is 0 Å². The zero-order chi connectivity index (χ0) is 30.3. The summed E-state index contributed by atoms with van der Waals surface area (Å²) in [5.41, 5.74) is 0.978. The first-order chi connectivity index (χ1) is 20.1. The number of halogens is 6. The van der Waals surface area contributed by atoms with Gasteiger partial charge in [0.05, 0.1) is 6.61 Å². The lowest BCUT2D eigenvalue weighted by Crippen LogP contribution is -2.28. The maximum Gasteiger partial charge on any atom is 0.285 e. The highest BCUT2D eigenvalue weighted by atomic mass is 19.3. The molecule has 0 aliphatic heterocycles. The molecule has 0 unspecified atom stereocenters. The van der Waals surface area contributed by atoms with Crippen LogP contribution in [0.25, 0.3) is 11.1 Å². The Morgan fingerprint density at radius 1 is 0.786 bits per heavy atom. The molecule has 0 spiro atoms. The van der Waals surface area contributed by atoms with Crippen molar-refractivity contribution in [1.82, 2.24) is 0 Å². The molecule has 0 amide bonds. The van der Waals surface area contributed by atoms with Crippen LogP contribution in [0.2, 0.25) is 0 Å². The van der Waals surface area contributed by atoms with E-state index in [1.165, 1.54) is 30.3 Å². The van der Waals surface area contributed by atoms with E-state index in [0.717, 1.165) is 50.7 Å². The van der Waals surface area contributed by atoms with Gasteiger partial charge in [-0.25, -0.2) is 17.6 Å². The van der Waals surface area contributed by atoms with Crippen LogP contribution in [-0.4, -0.2) is 19.1 Å². The summed E-state index contributed by atoms with van der Waals surface area (Å²) in [6.45, 7) is 4.84. The fourth-order valence-corrected chi connectivity index (χ4v) is 5.37. The molecule has 4 rings (SSSR count). The van der Waals surface area contributed by atoms with Gasteiger partial charge in [-0.3, -0.25) is 0 Å². The Morgan fingerprint density at radius 2 is 1.43 bits per heavy atom. The van der Waals surface area contributed by atoms with Gasteiger partial charge in [0.15, 0.2) is 29.7 Å². The monoisotopic (exact) mass is 590 g/mol. The molecule has 226 valence electrons. The highest BCUT2D eigenvalue weighted by molar-refractivity contribution is 5.65. The SMILES string of the molecule is C=CC1CCC(c2ccc(-c3ccc(CC(F)(F)COc4ccc(OCCCCC)c(F)c4F)cc3)c(F)c2F)CC1. The quantitative estimate of drug-likeness (QED) is 0.112. The van der Waals surface area contributed by atoms with E-state index in [9.17, 15) is 17.6 Å². The molecule has 1 aliphatic rings. The molecular weight excluding hydrogens is 554 g/mol. The second-order valence-corrected chi connectivity index (χ2v) is 10.9. The van der Waals surface area contributed by atoms with E-state index in [4.69, 9.17) is 9.47 Å². The fourth-order valence-electron chi connectivity index (χ4n) is 5.37. The van der Waals surface area contributed by atoms with Gasteiger partial charge in [-0.15, -0.1) is 6.58 Å². The lowest BCUT2D eigenvalue weighted by atomic mass is 9.78.